The lowest BCUT2D eigenvalue weighted by Crippen LogP contribution is -2.38. The number of allylic oxidation sites excluding steroid dienone is 1. The van der Waals surface area contributed by atoms with E-state index in [2.05, 4.69) is 11.8 Å². The summed E-state index contributed by atoms with van der Waals surface area (Å²) in [7, 11) is 0. The predicted octanol–water partition coefficient (Wildman–Crippen LogP) is 3.60. The Kier molecular flexibility index (Phi) is 7.64. The fraction of sp³-hybridized carbons (Fsp3) is 0.286. The molecule has 0 aliphatic carbocycles. The first-order valence-electron chi connectivity index (χ1n) is 12.1. The van der Waals surface area contributed by atoms with E-state index in [1.54, 1.807) is 11.5 Å². The van der Waals surface area contributed by atoms with Crippen LogP contribution in [0.1, 0.15) is 33.3 Å². The molecule has 0 bridgehead atoms. The molecule has 0 fully saturated rings. The highest BCUT2D eigenvalue weighted by atomic mass is 32.1. The molecule has 1 atom stereocenters. The molecule has 1 unspecified atom stereocenters. The first-order valence-corrected chi connectivity index (χ1v) is 13.0. The topological polar surface area (TPSA) is 75.0 Å². The van der Waals surface area contributed by atoms with Crippen LogP contribution >= 0.6 is 11.3 Å². The van der Waals surface area contributed by atoms with Gasteiger partial charge >= 0.3 is 5.97 Å². The summed E-state index contributed by atoms with van der Waals surface area (Å²) >= 11 is 1.44. The summed E-state index contributed by atoms with van der Waals surface area (Å²) in [6.45, 7) is 9.55. The highest BCUT2D eigenvalue weighted by molar-refractivity contribution is 7.07. The summed E-state index contributed by atoms with van der Waals surface area (Å²) in [6, 6.07) is 15.0. The van der Waals surface area contributed by atoms with E-state index in [0.29, 0.717) is 23.5 Å². The third kappa shape index (κ3) is 4.95. The van der Waals surface area contributed by atoms with Gasteiger partial charge in [0.25, 0.3) is 5.56 Å². The summed E-state index contributed by atoms with van der Waals surface area (Å²) in [5.41, 5.74) is 2.78. The van der Waals surface area contributed by atoms with Crippen LogP contribution in [0.3, 0.4) is 0 Å². The van der Waals surface area contributed by atoms with Gasteiger partial charge in [0.05, 0.1) is 14.9 Å². The molecule has 36 heavy (non-hydrogen) atoms. The molecule has 4 rings (SSSR count). The first kappa shape index (κ1) is 25.3. The minimum atomic E-state index is -0.856. The minimum Gasteiger partial charge on any atom is -0.480 e. The third-order valence-electron chi connectivity index (χ3n) is 6.26. The molecule has 1 aliphatic rings. The number of carboxylic acids is 1. The predicted molar refractivity (Wildman–Crippen MR) is 146 cm³/mol. The van der Waals surface area contributed by atoms with Crippen molar-refractivity contribution in [1.82, 2.24) is 4.57 Å². The molecule has 0 amide bonds. The van der Waals surface area contributed by atoms with Crippen molar-refractivity contribution >= 4 is 40.8 Å². The van der Waals surface area contributed by atoms with Crippen LogP contribution in [-0.2, 0) is 11.3 Å². The van der Waals surface area contributed by atoms with E-state index in [4.69, 9.17) is 4.74 Å². The van der Waals surface area contributed by atoms with Crippen molar-refractivity contribution in [3.05, 3.63) is 85.6 Å². The number of aliphatic carboxylic acids is 1. The van der Waals surface area contributed by atoms with E-state index in [0.717, 1.165) is 33.9 Å². The molecule has 7 nitrogen and oxygen atoms in total. The number of ether oxygens (including phenoxy) is 1. The number of thiazole rings is 1. The number of para-hydroxylation sites is 2. The Morgan fingerprint density at radius 2 is 1.81 bits per heavy atom. The lowest BCUT2D eigenvalue weighted by molar-refractivity contribution is -0.138. The Bertz CT molecular complexity index is 1450. The van der Waals surface area contributed by atoms with Crippen LogP contribution in [0.5, 0.6) is 5.75 Å². The number of nitrogens with zero attached hydrogens (tertiary/aromatic N) is 3. The third-order valence-corrected chi connectivity index (χ3v) is 7.34. The van der Waals surface area contributed by atoms with Gasteiger partial charge in [0.1, 0.15) is 6.04 Å². The van der Waals surface area contributed by atoms with Gasteiger partial charge in [-0.05, 0) is 69.7 Å². The minimum absolute atomic E-state index is 0.0341. The van der Waals surface area contributed by atoms with Gasteiger partial charge in [-0.2, -0.15) is 0 Å². The van der Waals surface area contributed by atoms with Crippen LogP contribution in [0.25, 0.3) is 12.2 Å². The largest absolute Gasteiger partial charge is 0.480 e. The Morgan fingerprint density at radius 3 is 2.44 bits per heavy atom. The van der Waals surface area contributed by atoms with Crippen LogP contribution in [0.4, 0.5) is 11.4 Å². The summed E-state index contributed by atoms with van der Waals surface area (Å²) in [5, 5.41) is 9.37. The Balaban J connectivity index is 1.67. The van der Waals surface area contributed by atoms with Crippen molar-refractivity contribution in [3.63, 3.8) is 0 Å². The van der Waals surface area contributed by atoms with E-state index in [1.165, 1.54) is 11.3 Å². The monoisotopic (exact) mass is 505 g/mol. The van der Waals surface area contributed by atoms with Crippen LogP contribution in [-0.4, -0.2) is 34.8 Å². The average Bonchev–Trinajstić information content (AvgIpc) is 3.39. The van der Waals surface area contributed by atoms with Crippen molar-refractivity contribution in [2.75, 3.05) is 22.9 Å². The number of hydrogen-bond acceptors (Lipinski definition) is 6. The van der Waals surface area contributed by atoms with Gasteiger partial charge < -0.3 is 19.6 Å². The van der Waals surface area contributed by atoms with Crippen molar-refractivity contribution in [3.8, 4) is 5.75 Å². The van der Waals surface area contributed by atoms with Gasteiger partial charge in [0.15, 0.2) is 5.75 Å². The van der Waals surface area contributed by atoms with E-state index in [1.807, 2.05) is 85.5 Å². The van der Waals surface area contributed by atoms with E-state index in [-0.39, 0.29) is 5.56 Å². The summed E-state index contributed by atoms with van der Waals surface area (Å²) in [4.78, 5) is 28.4. The number of aromatic nitrogens is 1. The Labute approximate surface area is 214 Å². The van der Waals surface area contributed by atoms with E-state index in [9.17, 15) is 14.7 Å². The highest BCUT2D eigenvalue weighted by Crippen LogP contribution is 2.38. The summed E-state index contributed by atoms with van der Waals surface area (Å²) in [5.74, 6) is 0.658. The Hall–Kier alpha value is -3.78. The number of hydrogen-bond donors (Lipinski definition) is 1. The van der Waals surface area contributed by atoms with Crippen LogP contribution in [0, 0.1) is 0 Å². The van der Waals surface area contributed by atoms with Gasteiger partial charge in [0, 0.05) is 31.4 Å². The summed E-state index contributed by atoms with van der Waals surface area (Å²) < 4.78 is 9.26. The number of benzene rings is 2. The van der Waals surface area contributed by atoms with Crippen molar-refractivity contribution in [1.29, 1.82) is 0 Å². The lowest BCUT2D eigenvalue weighted by atomic mass is 10.1. The van der Waals surface area contributed by atoms with Gasteiger partial charge in [-0.3, -0.25) is 9.36 Å². The molecule has 2 aromatic carbocycles. The molecule has 0 saturated carbocycles. The van der Waals surface area contributed by atoms with Gasteiger partial charge in [-0.15, -0.1) is 11.3 Å². The molecule has 0 saturated heterocycles. The van der Waals surface area contributed by atoms with Crippen LogP contribution in [0.15, 0.2) is 65.3 Å². The maximum Gasteiger partial charge on any atom is 0.326 e. The molecule has 1 aromatic heterocycles. The second-order valence-corrected chi connectivity index (χ2v) is 9.44. The number of carbonyl (C=O) groups is 1. The van der Waals surface area contributed by atoms with Gasteiger partial charge in [-0.1, -0.05) is 24.3 Å². The van der Waals surface area contributed by atoms with E-state index < -0.39 is 12.0 Å². The fourth-order valence-corrected chi connectivity index (χ4v) is 5.40. The molecule has 188 valence electrons. The molecule has 1 aliphatic heterocycles. The molecule has 0 radical (unpaired) electrons. The molecule has 3 aromatic rings. The molecular formula is C28H31N3O4S. The number of fused-ring (bicyclic) bond motifs is 1. The second-order valence-electron chi connectivity index (χ2n) is 8.38. The maximum atomic E-state index is 13.1. The summed E-state index contributed by atoms with van der Waals surface area (Å²) in [6.07, 6.45) is 5.68. The fourth-order valence-electron chi connectivity index (χ4n) is 4.32. The Morgan fingerprint density at radius 1 is 1.08 bits per heavy atom. The SMILES string of the molecule is CCN1C(=CC=c2sc(=Cc3ccc(N(CC)C(C)C(=O)O)cc3)n(CC)c2=O)Oc2ccccc21. The normalized spacial score (nSPS) is 15.8. The zero-order valence-corrected chi connectivity index (χ0v) is 21.8. The van der Waals surface area contributed by atoms with Crippen molar-refractivity contribution in [2.24, 2.45) is 0 Å². The van der Waals surface area contributed by atoms with Gasteiger partial charge in [0.2, 0.25) is 5.88 Å². The quantitative estimate of drug-likeness (QED) is 0.504. The molecule has 0 spiro atoms. The van der Waals surface area contributed by atoms with Crippen molar-refractivity contribution < 1.29 is 14.6 Å². The van der Waals surface area contributed by atoms with E-state index >= 15 is 0 Å². The average molecular weight is 506 g/mol. The molecule has 2 heterocycles. The highest BCUT2D eigenvalue weighted by Gasteiger charge is 2.23. The molecule has 8 heteroatoms. The van der Waals surface area contributed by atoms with Crippen molar-refractivity contribution in [2.45, 2.75) is 40.3 Å². The smallest absolute Gasteiger partial charge is 0.326 e. The zero-order valence-electron chi connectivity index (χ0n) is 21.0. The second kappa shape index (κ2) is 10.9. The first-order chi connectivity index (χ1) is 17.4. The molecular weight excluding hydrogens is 474 g/mol. The number of likely N-dealkylation sites (N-methyl/N-ethyl adjacent to an activating group) is 1. The zero-order chi connectivity index (χ0) is 25.8. The lowest BCUT2D eigenvalue weighted by Gasteiger charge is -2.27. The number of rotatable bonds is 8. The number of carboxylic acid groups (broad SMARTS) is 1. The van der Waals surface area contributed by atoms with Crippen LogP contribution in [0.2, 0.25) is 0 Å². The van der Waals surface area contributed by atoms with Gasteiger partial charge in [-0.25, -0.2) is 4.79 Å². The molecule has 1 N–H and O–H groups in total. The van der Waals surface area contributed by atoms with Crippen LogP contribution < -0.4 is 29.3 Å². The maximum absolute atomic E-state index is 13.1. The number of anilines is 2. The standard InChI is InChI=1S/C28H31N3O4S/c1-5-29(19(4)28(33)34)21-14-12-20(13-15-21)18-26-31(7-3)27(32)24(36-26)16-17-25-30(6-2)22-10-8-9-11-23(22)35-25/h8-19H,5-7H2,1-4H3,(H,33,34).